The average Bonchev–Trinajstić information content (AvgIpc) is 3.54. The minimum atomic E-state index is -1.57. The number of benzene rings is 4. The van der Waals surface area contributed by atoms with Crippen LogP contribution in [0.3, 0.4) is 0 Å². The van der Waals surface area contributed by atoms with Gasteiger partial charge in [-0.1, -0.05) is 60.2 Å². The van der Waals surface area contributed by atoms with Gasteiger partial charge in [-0.3, -0.25) is 29.5 Å². The lowest BCUT2D eigenvalue weighted by Gasteiger charge is -2.50. The fourth-order valence-corrected chi connectivity index (χ4v) is 9.71. The van der Waals surface area contributed by atoms with Gasteiger partial charge in [-0.2, -0.15) is 5.01 Å². The molecule has 0 unspecified atom stereocenters. The van der Waals surface area contributed by atoms with Crippen LogP contribution in [-0.4, -0.2) is 40.9 Å². The third-order valence-electron chi connectivity index (χ3n) is 11.2. The number of fused-ring (bicyclic) bond motifs is 4. The summed E-state index contributed by atoms with van der Waals surface area (Å²) in [6, 6.07) is 22.6. The number of halogens is 3. The molecule has 4 aliphatic rings. The number of hydrogen-bond donors (Lipinski definition) is 2. The number of carbonyl (C=O) groups excluding carboxylic acids is 4. The van der Waals surface area contributed by atoms with Crippen LogP contribution in [0.1, 0.15) is 35.4 Å². The molecule has 0 bridgehead atoms. The first-order valence-electron chi connectivity index (χ1n) is 17.0. The Bertz CT molecular complexity index is 2250. The van der Waals surface area contributed by atoms with Crippen molar-refractivity contribution >= 4 is 75.3 Å². The van der Waals surface area contributed by atoms with Crippen LogP contribution in [0.25, 0.3) is 6.08 Å². The predicted octanol–water partition coefficient (Wildman–Crippen LogP) is 7.63. The summed E-state index contributed by atoms with van der Waals surface area (Å²) in [5.41, 5.74) is 4.84. The van der Waals surface area contributed by atoms with Gasteiger partial charge >= 0.3 is 0 Å². The van der Waals surface area contributed by atoms with Crippen LogP contribution in [0, 0.1) is 33.1 Å². The number of imide groups is 2. The van der Waals surface area contributed by atoms with Crippen LogP contribution in [0.4, 0.5) is 15.8 Å². The molecule has 0 spiro atoms. The fraction of sp³-hybridized carbons (Fsp3) is 0.220. The van der Waals surface area contributed by atoms with Gasteiger partial charge in [0.1, 0.15) is 5.82 Å². The monoisotopic (exact) mass is 843 g/mol. The Balaban J connectivity index is 1.34. The smallest absolute Gasteiger partial charge is 0.260 e. The summed E-state index contributed by atoms with van der Waals surface area (Å²) in [4.78, 5) is 60.0. The van der Waals surface area contributed by atoms with E-state index in [1.54, 1.807) is 66.7 Å². The molecule has 268 valence electrons. The van der Waals surface area contributed by atoms with Crippen molar-refractivity contribution in [2.75, 3.05) is 17.4 Å². The van der Waals surface area contributed by atoms with E-state index in [1.165, 1.54) is 36.3 Å². The third-order valence-corrected chi connectivity index (χ3v) is 12.3. The maximum absolute atomic E-state index is 15.3. The van der Waals surface area contributed by atoms with Gasteiger partial charge in [-0.25, -0.2) is 4.39 Å². The molecule has 0 aromatic heterocycles. The molecule has 2 N–H and O–H groups in total. The molecule has 2 aliphatic carbocycles. The highest BCUT2D eigenvalue weighted by Gasteiger charge is 2.70. The number of aromatic hydroxyl groups is 1. The van der Waals surface area contributed by atoms with Crippen LogP contribution >= 0.6 is 34.2 Å². The Morgan fingerprint density at radius 3 is 2.32 bits per heavy atom. The Labute approximate surface area is 323 Å². The van der Waals surface area contributed by atoms with Crippen molar-refractivity contribution in [1.82, 2.24) is 5.01 Å². The molecule has 8 rings (SSSR count). The van der Waals surface area contributed by atoms with E-state index < -0.39 is 52.6 Å². The van der Waals surface area contributed by atoms with E-state index in [0.717, 1.165) is 16.1 Å². The van der Waals surface area contributed by atoms with E-state index in [1.807, 2.05) is 28.7 Å². The number of allylic oxidation sites excluding steroid dienone is 2. The highest BCUT2D eigenvalue weighted by Crippen LogP contribution is 2.64. The topological polar surface area (TPSA) is 116 Å². The van der Waals surface area contributed by atoms with Gasteiger partial charge in [0.15, 0.2) is 11.5 Å². The van der Waals surface area contributed by atoms with E-state index in [2.05, 4.69) is 12.0 Å². The number of nitrogens with zero attached hydrogens (tertiary/aromatic N) is 2. The maximum Gasteiger partial charge on any atom is 0.260 e. The molecule has 2 saturated heterocycles. The Kier molecular flexibility index (Phi) is 8.68. The van der Waals surface area contributed by atoms with E-state index in [4.69, 9.17) is 16.3 Å². The maximum atomic E-state index is 15.3. The third kappa shape index (κ3) is 5.30. The molecule has 4 aromatic rings. The summed E-state index contributed by atoms with van der Waals surface area (Å²) in [5, 5.41) is 12.3. The molecule has 4 aromatic carbocycles. The van der Waals surface area contributed by atoms with Crippen LogP contribution < -0.4 is 15.1 Å². The quantitative estimate of drug-likeness (QED) is 0.112. The fourth-order valence-electron chi connectivity index (χ4n) is 8.96. The van der Waals surface area contributed by atoms with Gasteiger partial charge in [-0.05, 0) is 119 Å². The zero-order valence-electron chi connectivity index (χ0n) is 28.3. The predicted molar refractivity (Wildman–Crippen MR) is 205 cm³/mol. The Morgan fingerprint density at radius 2 is 1.66 bits per heavy atom. The van der Waals surface area contributed by atoms with Crippen molar-refractivity contribution in [2.24, 2.45) is 23.7 Å². The first-order valence-corrected chi connectivity index (χ1v) is 18.5. The van der Waals surface area contributed by atoms with Gasteiger partial charge in [0.2, 0.25) is 11.8 Å². The average molecular weight is 844 g/mol. The lowest BCUT2D eigenvalue weighted by atomic mass is 9.49. The first kappa shape index (κ1) is 35.0. The molecule has 9 nitrogen and oxygen atoms in total. The largest absolute Gasteiger partial charge is 0.504 e. The van der Waals surface area contributed by atoms with Crippen LogP contribution in [0.15, 0.2) is 103 Å². The lowest BCUT2D eigenvalue weighted by molar-refractivity contribution is -0.138. The van der Waals surface area contributed by atoms with E-state index in [0.29, 0.717) is 31.1 Å². The summed E-state index contributed by atoms with van der Waals surface area (Å²) < 4.78 is 19.9. The number of phenols is 1. The van der Waals surface area contributed by atoms with E-state index >= 15 is 4.79 Å². The number of rotatable bonds is 7. The van der Waals surface area contributed by atoms with E-state index in [9.17, 15) is 23.9 Å². The highest BCUT2D eigenvalue weighted by atomic mass is 127. The molecule has 12 heteroatoms. The van der Waals surface area contributed by atoms with Gasteiger partial charge in [0.25, 0.3) is 11.8 Å². The van der Waals surface area contributed by atoms with Crippen LogP contribution in [0.2, 0.25) is 5.02 Å². The highest BCUT2D eigenvalue weighted by molar-refractivity contribution is 14.1. The number of phenolic OH excluding ortho intramolecular Hbond substituents is 1. The Hall–Kier alpha value is -5.01. The summed E-state index contributed by atoms with van der Waals surface area (Å²) in [7, 11) is 1.43. The molecule has 3 fully saturated rings. The standard InChI is InChI=1S/C41H32ClFIN3O6/c1-3-21-4-14-27(15-5-21)46-37(49)29-17-16-28-30(34(29)39(46)51)20-31-38(50)47(45-26-12-10-25(43)11-13-26)40(52)41(31,23-6-8-24(42)9-7-23)35(28)22-18-32(44)36(48)33(19-22)53-2/h3-16,18-19,29-31,34-35,45,48H,1,17,20H2,2H3/t29-,30+,31-,34-,35-,41+/m0/s1. The number of anilines is 2. The van der Waals surface area contributed by atoms with Crippen molar-refractivity contribution in [1.29, 1.82) is 0 Å². The van der Waals surface area contributed by atoms with Crippen molar-refractivity contribution in [2.45, 2.75) is 24.2 Å². The number of ether oxygens (including phenoxy) is 1. The second-order valence-electron chi connectivity index (χ2n) is 13.7. The lowest BCUT2D eigenvalue weighted by Crippen LogP contribution is -2.53. The van der Waals surface area contributed by atoms with Crippen molar-refractivity contribution in [3.63, 3.8) is 0 Å². The molecule has 6 atom stereocenters. The summed E-state index contributed by atoms with van der Waals surface area (Å²) in [6.45, 7) is 3.79. The number of nitrogens with one attached hydrogen (secondary N) is 1. The molecule has 53 heavy (non-hydrogen) atoms. The Morgan fingerprint density at radius 1 is 0.962 bits per heavy atom. The molecule has 2 heterocycles. The minimum Gasteiger partial charge on any atom is -0.504 e. The molecule has 1 saturated carbocycles. The SMILES string of the molecule is C=Cc1ccc(N2C(=O)[C@H]3[C@H](CC=C4[C@H]3C[C@H]3C(=O)N(Nc5ccc(F)cc5)C(=O)[C@@]3(c3ccc(Cl)cc3)[C@H]4c3cc(I)c(O)c(OC)c3)C2=O)cc1. The van der Waals surface area contributed by atoms with Crippen LogP contribution in [-0.2, 0) is 24.6 Å². The first-order chi connectivity index (χ1) is 25.5. The normalized spacial score (nSPS) is 26.2. The molecule has 4 amide bonds. The number of carbonyl (C=O) groups is 4. The molecule has 2 aliphatic heterocycles. The van der Waals surface area contributed by atoms with Crippen molar-refractivity contribution in [3.05, 3.63) is 134 Å². The van der Waals surface area contributed by atoms with Crippen LogP contribution in [0.5, 0.6) is 11.5 Å². The second kappa shape index (κ2) is 13.1. The van der Waals surface area contributed by atoms with E-state index in [-0.39, 0.29) is 36.2 Å². The van der Waals surface area contributed by atoms with Crippen molar-refractivity contribution in [3.8, 4) is 11.5 Å². The van der Waals surface area contributed by atoms with Gasteiger partial charge in [-0.15, -0.1) is 0 Å². The van der Waals surface area contributed by atoms with Gasteiger partial charge in [0.05, 0.1) is 45.2 Å². The second-order valence-corrected chi connectivity index (χ2v) is 15.3. The molecular weight excluding hydrogens is 812 g/mol. The number of hydrogen-bond acceptors (Lipinski definition) is 7. The number of methoxy groups -OCH3 is 1. The zero-order chi connectivity index (χ0) is 37.3. The minimum absolute atomic E-state index is 0.0814. The summed E-state index contributed by atoms with van der Waals surface area (Å²) in [5.74, 6) is -6.10. The zero-order valence-corrected chi connectivity index (χ0v) is 31.2. The number of amides is 4. The van der Waals surface area contributed by atoms with Gasteiger partial charge < -0.3 is 9.84 Å². The van der Waals surface area contributed by atoms with Crippen molar-refractivity contribution < 1.29 is 33.4 Å². The summed E-state index contributed by atoms with van der Waals surface area (Å²) in [6.07, 6.45) is 3.97. The summed E-state index contributed by atoms with van der Waals surface area (Å²) >= 11 is 8.38. The number of hydrazine groups is 1. The molecular formula is C41H32ClFIN3O6. The van der Waals surface area contributed by atoms with Gasteiger partial charge in [0, 0.05) is 10.9 Å². The molecule has 0 radical (unpaired) electrons.